The summed E-state index contributed by atoms with van der Waals surface area (Å²) < 4.78 is 4.58. The topological polar surface area (TPSA) is 49.7 Å². The molecule has 5 heteroatoms. The van der Waals surface area contributed by atoms with Crippen molar-refractivity contribution in [3.8, 4) is 5.75 Å². The first kappa shape index (κ1) is 12.6. The molecule has 0 heterocycles. The third-order valence-corrected chi connectivity index (χ3v) is 1.26. The second-order valence-corrected chi connectivity index (χ2v) is 2.26. The maximum atomic E-state index is 8.41. The van der Waals surface area contributed by atoms with E-state index in [2.05, 4.69) is 4.65 Å². The van der Waals surface area contributed by atoms with Gasteiger partial charge in [0, 0.05) is 0 Å². The summed E-state index contributed by atoms with van der Waals surface area (Å²) in [6, 6.07) is 7.01. The number of rotatable bonds is 2. The van der Waals surface area contributed by atoms with Gasteiger partial charge in [-0.05, 0) is 19.1 Å². The van der Waals surface area contributed by atoms with Crippen LogP contribution >= 0.6 is 0 Å². The van der Waals surface area contributed by atoms with Crippen LogP contribution in [-0.2, 0) is 0 Å². The first-order valence-electron chi connectivity index (χ1n) is 3.28. The van der Waals surface area contributed by atoms with E-state index in [1.165, 1.54) is 0 Å². The van der Waals surface area contributed by atoms with E-state index >= 15 is 0 Å². The van der Waals surface area contributed by atoms with Crippen molar-refractivity contribution in [2.75, 3.05) is 0 Å². The fourth-order valence-corrected chi connectivity index (χ4v) is 0.739. The molecule has 60 valence electrons. The molecule has 0 spiro atoms. The van der Waals surface area contributed by atoms with Crippen LogP contribution in [0.4, 0.5) is 0 Å². The molecule has 0 unspecified atom stereocenters. The quantitative estimate of drug-likeness (QED) is 0.507. The monoisotopic (exact) mass is 192 g/mol. The van der Waals surface area contributed by atoms with Gasteiger partial charge in [0.05, 0.1) is 0 Å². The van der Waals surface area contributed by atoms with Gasteiger partial charge < -0.3 is 16.1 Å². The zero-order chi connectivity index (χ0) is 8.27. The van der Waals surface area contributed by atoms with Crippen LogP contribution in [0.1, 0.15) is 6.99 Å². The molecule has 0 bridgehead atoms. The van der Waals surface area contributed by atoms with Gasteiger partial charge in [-0.1, -0.05) is 17.7 Å². The molecule has 1 aromatic carbocycles. The molecule has 0 aliphatic heterocycles. The third kappa shape index (κ3) is 4.61. The molecular weight excluding hydrogens is 182 g/mol. The van der Waals surface area contributed by atoms with Crippen molar-refractivity contribution >= 4 is 7.32 Å². The molecule has 1 rings (SSSR count). The van der Waals surface area contributed by atoms with Gasteiger partial charge in [-0.25, -0.2) is 0 Å². The molecule has 3 nitrogen and oxygen atoms in total. The second kappa shape index (κ2) is 6.15. The van der Waals surface area contributed by atoms with Crippen LogP contribution in [0.25, 0.3) is 0 Å². The van der Waals surface area contributed by atoms with Gasteiger partial charge in [0.25, 0.3) is 0 Å². The molecule has 0 aliphatic rings. The average molecular weight is 192 g/mol. The van der Waals surface area contributed by atoms with Gasteiger partial charge in [0.2, 0.25) is 0 Å². The first-order valence-corrected chi connectivity index (χ1v) is 3.28. The van der Waals surface area contributed by atoms with E-state index in [9.17, 15) is 0 Å². The van der Waals surface area contributed by atoms with Crippen LogP contribution in [0.5, 0.6) is 5.75 Å². The Balaban J connectivity index is 0. The predicted octanol–water partition coefficient (Wildman–Crippen LogP) is -2.54. The van der Waals surface area contributed by atoms with Crippen LogP contribution < -0.4 is 56.0 Å². The van der Waals surface area contributed by atoms with E-state index in [0.29, 0.717) is 5.75 Å². The molecule has 0 saturated carbocycles. The number of benzene rings is 1. The second-order valence-electron chi connectivity index (χ2n) is 2.26. The van der Waals surface area contributed by atoms with Crippen LogP contribution in [0.3, 0.4) is 0 Å². The minimum atomic E-state index is -1.74. The molecule has 0 saturated heterocycles. The SMILES string of the molecule is Cc1ccc(OB(O)O)cc1.[H-].[K+]. The Labute approximate surface area is 116 Å². The Hall–Kier alpha value is 0.641. The van der Waals surface area contributed by atoms with Crippen molar-refractivity contribution in [1.29, 1.82) is 0 Å². The van der Waals surface area contributed by atoms with E-state index in [4.69, 9.17) is 10.0 Å². The Morgan fingerprint density at radius 3 is 2.17 bits per heavy atom. The summed E-state index contributed by atoms with van der Waals surface area (Å²) in [5.74, 6) is 0.450. The standard InChI is InChI=1S/C7H9BO3.K.H/c1-6-2-4-7(5-3-6)11-8(9)10;;/h2-5,9-10H,1H3;;/q;+1;-1. The molecule has 0 aliphatic carbocycles. The van der Waals surface area contributed by atoms with E-state index in [1.807, 2.05) is 19.1 Å². The fourth-order valence-electron chi connectivity index (χ4n) is 0.739. The largest absolute Gasteiger partial charge is 1.00 e. The van der Waals surface area contributed by atoms with Gasteiger partial charge in [-0.3, -0.25) is 0 Å². The maximum absolute atomic E-state index is 8.41. The van der Waals surface area contributed by atoms with Crippen molar-refractivity contribution in [3.05, 3.63) is 29.8 Å². The zero-order valence-electron chi connectivity index (χ0n) is 8.19. The summed E-state index contributed by atoms with van der Waals surface area (Å²) >= 11 is 0. The number of hydrogen-bond donors (Lipinski definition) is 2. The normalized spacial score (nSPS) is 8.58. The van der Waals surface area contributed by atoms with Crippen molar-refractivity contribution in [2.45, 2.75) is 6.92 Å². The van der Waals surface area contributed by atoms with Crippen molar-refractivity contribution in [2.24, 2.45) is 0 Å². The van der Waals surface area contributed by atoms with Crippen molar-refractivity contribution < 1.29 is 67.5 Å². The Bertz CT molecular complexity index is 230. The zero-order valence-corrected chi connectivity index (χ0v) is 10.3. The molecule has 0 radical (unpaired) electrons. The molecule has 0 atom stereocenters. The van der Waals surface area contributed by atoms with E-state index in [0.717, 1.165) is 5.56 Å². The van der Waals surface area contributed by atoms with Crippen LogP contribution in [0.15, 0.2) is 24.3 Å². The van der Waals surface area contributed by atoms with Gasteiger partial charge in [-0.15, -0.1) is 0 Å². The minimum absolute atomic E-state index is 0. The van der Waals surface area contributed by atoms with Crippen molar-refractivity contribution in [3.63, 3.8) is 0 Å². The summed E-state index contributed by atoms with van der Waals surface area (Å²) in [4.78, 5) is 0. The van der Waals surface area contributed by atoms with Gasteiger partial charge in [-0.2, -0.15) is 0 Å². The summed E-state index contributed by atoms with van der Waals surface area (Å²) in [6.07, 6.45) is 0. The minimum Gasteiger partial charge on any atom is -1.00 e. The molecule has 12 heavy (non-hydrogen) atoms. The Morgan fingerprint density at radius 1 is 1.25 bits per heavy atom. The smallest absolute Gasteiger partial charge is 1.00 e. The van der Waals surface area contributed by atoms with Gasteiger partial charge in [0.1, 0.15) is 5.75 Å². The average Bonchev–Trinajstić information content (AvgIpc) is 1.93. The van der Waals surface area contributed by atoms with Crippen LogP contribution in [-0.4, -0.2) is 17.4 Å². The molecule has 1 aromatic rings. The Kier molecular flexibility index (Phi) is 6.48. The molecular formula is C7H10BKO3. The molecule has 0 fully saturated rings. The fraction of sp³-hybridized carbons (Fsp3) is 0.143. The van der Waals surface area contributed by atoms with Gasteiger partial charge >= 0.3 is 58.7 Å². The van der Waals surface area contributed by atoms with E-state index in [-0.39, 0.29) is 52.8 Å². The summed E-state index contributed by atoms with van der Waals surface area (Å²) in [6.45, 7) is 1.94. The molecule has 0 amide bonds. The van der Waals surface area contributed by atoms with Gasteiger partial charge in [0.15, 0.2) is 0 Å². The number of hydrogen-bond acceptors (Lipinski definition) is 3. The summed E-state index contributed by atoms with van der Waals surface area (Å²) in [5.41, 5.74) is 1.10. The maximum Gasteiger partial charge on any atom is 1.00 e. The molecule has 0 aromatic heterocycles. The number of aryl methyl sites for hydroxylation is 1. The Morgan fingerprint density at radius 2 is 1.75 bits per heavy atom. The molecule has 2 N–H and O–H groups in total. The van der Waals surface area contributed by atoms with E-state index < -0.39 is 7.32 Å². The third-order valence-electron chi connectivity index (χ3n) is 1.26. The first-order chi connectivity index (χ1) is 5.18. The van der Waals surface area contributed by atoms with Crippen molar-refractivity contribution in [1.82, 2.24) is 0 Å². The summed E-state index contributed by atoms with van der Waals surface area (Å²) in [7, 11) is -1.74. The predicted molar refractivity (Wildman–Crippen MR) is 43.1 cm³/mol. The van der Waals surface area contributed by atoms with Crippen LogP contribution in [0, 0.1) is 6.92 Å². The van der Waals surface area contributed by atoms with Crippen LogP contribution in [0.2, 0.25) is 0 Å². The van der Waals surface area contributed by atoms with E-state index in [1.54, 1.807) is 12.1 Å². The summed E-state index contributed by atoms with van der Waals surface area (Å²) in [5, 5.41) is 16.8.